The van der Waals surface area contributed by atoms with Gasteiger partial charge < -0.3 is 20.7 Å². The molecule has 0 radical (unpaired) electrons. The molecule has 0 saturated carbocycles. The number of carbonyl (C=O) groups excluding carboxylic acids is 1. The predicted octanol–water partition coefficient (Wildman–Crippen LogP) is 5.89. The van der Waals surface area contributed by atoms with Crippen molar-refractivity contribution in [2.24, 2.45) is 5.73 Å². The third-order valence-electron chi connectivity index (χ3n) is 6.32. The van der Waals surface area contributed by atoms with Crippen molar-refractivity contribution >= 4 is 40.7 Å². The Hall–Kier alpha value is -3.89. The summed E-state index contributed by atoms with van der Waals surface area (Å²) in [5.74, 6) is -0.597. The molecule has 12 heteroatoms. The van der Waals surface area contributed by atoms with Crippen molar-refractivity contribution in [3.05, 3.63) is 81.1 Å². The van der Waals surface area contributed by atoms with Crippen LogP contribution in [-0.2, 0) is 13.0 Å². The normalized spacial score (nSPS) is 12.8. The molecule has 5 rings (SSSR count). The van der Waals surface area contributed by atoms with Crippen molar-refractivity contribution in [1.29, 1.82) is 0 Å². The maximum Gasteiger partial charge on any atom is 0.316 e. The Labute approximate surface area is 226 Å². The van der Waals surface area contributed by atoms with Gasteiger partial charge in [-0.05, 0) is 30.7 Å². The lowest BCUT2D eigenvalue weighted by atomic mass is 9.99. The average molecular weight is 559 g/mol. The lowest BCUT2D eigenvalue weighted by molar-refractivity contribution is 0.259. The zero-order chi connectivity index (χ0) is 27.1. The quantitative estimate of drug-likeness (QED) is 0.318. The van der Waals surface area contributed by atoms with Crippen LogP contribution in [0.15, 0.2) is 42.6 Å². The van der Waals surface area contributed by atoms with Gasteiger partial charge in [0, 0.05) is 42.9 Å². The number of anilines is 2. The highest BCUT2D eigenvalue weighted by Gasteiger charge is 2.31. The molecule has 38 heavy (non-hydrogen) atoms. The molecule has 1 aliphatic heterocycles. The number of aromatic nitrogens is 3. The molecule has 2 aromatic carbocycles. The standard InChI is InChI=1S/C26H22Cl2F2N6O2/c1-13-4-3-5-22(38-2)23(13)36-24(15-9-19(30)21(10-18(15)29)33-26(31)37)16-12-35(7-6-20(16)34-36)25-17(28)8-14(27)11-32-25/h3-5,8-11H,6-7,12H2,1-2H3,(H3,31,33,37). The number of primary amides is 1. The number of benzene rings is 2. The number of amides is 2. The van der Waals surface area contributed by atoms with Gasteiger partial charge in [0.1, 0.15) is 28.9 Å². The molecule has 2 amide bonds. The van der Waals surface area contributed by atoms with Gasteiger partial charge in [-0.2, -0.15) is 5.10 Å². The fraction of sp³-hybridized carbons (Fsp3) is 0.192. The van der Waals surface area contributed by atoms with Crippen molar-refractivity contribution in [1.82, 2.24) is 14.8 Å². The second kappa shape index (κ2) is 10.1. The molecule has 3 heterocycles. The number of pyridine rings is 1. The second-order valence-corrected chi connectivity index (χ2v) is 9.59. The number of hydrogen-bond acceptors (Lipinski definition) is 5. The smallest absolute Gasteiger partial charge is 0.316 e. The SMILES string of the molecule is COc1cccc(C)c1-n1nc2c(c1-c1cc(F)c(NC(N)=O)cc1F)CN(c1ncc(Cl)cc1Cl)CC2. The lowest BCUT2D eigenvalue weighted by Gasteiger charge is -2.28. The number of rotatable bonds is 5. The highest BCUT2D eigenvalue weighted by atomic mass is 35.5. The van der Waals surface area contributed by atoms with Gasteiger partial charge in [0.25, 0.3) is 0 Å². The number of para-hydroxylation sites is 1. The summed E-state index contributed by atoms with van der Waals surface area (Å²) >= 11 is 12.5. The molecule has 4 aromatic rings. The Bertz CT molecular complexity index is 1580. The van der Waals surface area contributed by atoms with Gasteiger partial charge in [-0.1, -0.05) is 35.3 Å². The average Bonchev–Trinajstić information content (AvgIpc) is 3.23. The maximum absolute atomic E-state index is 15.6. The van der Waals surface area contributed by atoms with Crippen molar-refractivity contribution in [3.8, 4) is 22.7 Å². The van der Waals surface area contributed by atoms with E-state index in [-0.39, 0.29) is 17.8 Å². The van der Waals surface area contributed by atoms with Gasteiger partial charge in [0.05, 0.1) is 34.2 Å². The molecule has 196 valence electrons. The molecular formula is C26H22Cl2F2N6O2. The number of nitrogens with two attached hydrogens (primary N) is 1. The summed E-state index contributed by atoms with van der Waals surface area (Å²) < 4.78 is 37.9. The number of nitrogens with zero attached hydrogens (tertiary/aromatic N) is 4. The van der Waals surface area contributed by atoms with E-state index < -0.39 is 17.7 Å². The molecule has 3 N–H and O–H groups in total. The molecule has 0 bridgehead atoms. The summed E-state index contributed by atoms with van der Waals surface area (Å²) in [5, 5.41) is 7.70. The monoisotopic (exact) mass is 558 g/mol. The number of hydrogen-bond donors (Lipinski definition) is 2. The van der Waals surface area contributed by atoms with Crippen LogP contribution in [0.2, 0.25) is 10.0 Å². The predicted molar refractivity (Wildman–Crippen MR) is 142 cm³/mol. The first-order valence-corrected chi connectivity index (χ1v) is 12.3. The Kier molecular flexibility index (Phi) is 6.85. The molecule has 0 unspecified atom stereocenters. The minimum absolute atomic E-state index is 0.0476. The van der Waals surface area contributed by atoms with Gasteiger partial charge in [0.15, 0.2) is 0 Å². The summed E-state index contributed by atoms with van der Waals surface area (Å²) in [6.07, 6.45) is 2.00. The van der Waals surface area contributed by atoms with Crippen LogP contribution >= 0.6 is 23.2 Å². The summed E-state index contributed by atoms with van der Waals surface area (Å²) in [4.78, 5) is 17.6. The number of methoxy groups -OCH3 is 1. The molecule has 8 nitrogen and oxygen atoms in total. The Balaban J connectivity index is 1.73. The first kappa shape index (κ1) is 25.7. The Morgan fingerprint density at radius 1 is 1.18 bits per heavy atom. The second-order valence-electron chi connectivity index (χ2n) is 8.74. The van der Waals surface area contributed by atoms with Crippen LogP contribution in [0.3, 0.4) is 0 Å². The van der Waals surface area contributed by atoms with E-state index in [0.717, 1.165) is 17.7 Å². The van der Waals surface area contributed by atoms with Crippen LogP contribution in [0.5, 0.6) is 5.75 Å². The van der Waals surface area contributed by atoms with Gasteiger partial charge in [-0.3, -0.25) is 0 Å². The lowest BCUT2D eigenvalue weighted by Crippen LogP contribution is -2.31. The summed E-state index contributed by atoms with van der Waals surface area (Å²) in [5.41, 5.74) is 7.82. The van der Waals surface area contributed by atoms with Crippen LogP contribution in [0.4, 0.5) is 25.1 Å². The van der Waals surface area contributed by atoms with Crippen LogP contribution in [0.25, 0.3) is 16.9 Å². The van der Waals surface area contributed by atoms with Crippen LogP contribution in [0, 0.1) is 18.6 Å². The molecular weight excluding hydrogens is 537 g/mol. The third-order valence-corrected chi connectivity index (χ3v) is 6.81. The Morgan fingerprint density at radius 2 is 1.97 bits per heavy atom. The highest BCUT2D eigenvalue weighted by molar-refractivity contribution is 6.36. The van der Waals surface area contributed by atoms with E-state index in [2.05, 4.69) is 10.3 Å². The van der Waals surface area contributed by atoms with E-state index in [1.54, 1.807) is 16.8 Å². The summed E-state index contributed by atoms with van der Waals surface area (Å²) in [6.45, 7) is 2.69. The summed E-state index contributed by atoms with van der Waals surface area (Å²) in [6, 6.07) is 7.99. The van der Waals surface area contributed by atoms with Gasteiger partial charge in [-0.25, -0.2) is 23.2 Å². The fourth-order valence-corrected chi connectivity index (χ4v) is 5.16. The molecule has 2 aromatic heterocycles. The minimum atomic E-state index is -1.01. The van der Waals surface area contributed by atoms with E-state index in [9.17, 15) is 4.79 Å². The van der Waals surface area contributed by atoms with E-state index in [1.807, 2.05) is 24.0 Å². The minimum Gasteiger partial charge on any atom is -0.494 e. The molecule has 0 atom stereocenters. The van der Waals surface area contributed by atoms with E-state index in [4.69, 9.17) is 38.8 Å². The van der Waals surface area contributed by atoms with E-state index in [1.165, 1.54) is 13.3 Å². The van der Waals surface area contributed by atoms with Crippen molar-refractivity contribution in [2.75, 3.05) is 23.9 Å². The first-order chi connectivity index (χ1) is 18.2. The number of carbonyl (C=O) groups is 1. The molecule has 0 aliphatic carbocycles. The summed E-state index contributed by atoms with van der Waals surface area (Å²) in [7, 11) is 1.53. The van der Waals surface area contributed by atoms with E-state index >= 15 is 8.78 Å². The molecule has 1 aliphatic rings. The Morgan fingerprint density at radius 3 is 2.68 bits per heavy atom. The molecule has 0 spiro atoms. The van der Waals surface area contributed by atoms with Crippen molar-refractivity contribution < 1.29 is 18.3 Å². The maximum atomic E-state index is 15.6. The number of fused-ring (bicyclic) bond motifs is 1. The van der Waals surface area contributed by atoms with Gasteiger partial charge in [-0.15, -0.1) is 0 Å². The van der Waals surface area contributed by atoms with Crippen LogP contribution in [-0.4, -0.2) is 34.5 Å². The number of nitrogens with one attached hydrogen (secondary N) is 1. The number of aryl methyl sites for hydroxylation is 1. The van der Waals surface area contributed by atoms with Crippen LogP contribution < -0.4 is 20.7 Å². The number of halogens is 4. The van der Waals surface area contributed by atoms with Crippen molar-refractivity contribution in [3.63, 3.8) is 0 Å². The fourth-order valence-electron chi connectivity index (χ4n) is 4.66. The third kappa shape index (κ3) is 4.61. The van der Waals surface area contributed by atoms with Crippen molar-refractivity contribution in [2.45, 2.75) is 19.9 Å². The largest absolute Gasteiger partial charge is 0.494 e. The topological polar surface area (TPSA) is 98.3 Å². The van der Waals surface area contributed by atoms with E-state index in [0.29, 0.717) is 57.2 Å². The van der Waals surface area contributed by atoms with Gasteiger partial charge in [0.2, 0.25) is 0 Å². The molecule has 0 fully saturated rings. The highest BCUT2D eigenvalue weighted by Crippen LogP contribution is 2.40. The zero-order valence-electron chi connectivity index (χ0n) is 20.4. The first-order valence-electron chi connectivity index (χ1n) is 11.5. The number of ether oxygens (including phenoxy) is 1. The number of urea groups is 1. The van der Waals surface area contributed by atoms with Crippen LogP contribution in [0.1, 0.15) is 16.8 Å². The van der Waals surface area contributed by atoms with Gasteiger partial charge >= 0.3 is 6.03 Å². The zero-order valence-corrected chi connectivity index (χ0v) is 21.9. The molecule has 0 saturated heterocycles.